The maximum Gasteiger partial charge on any atom is 0.307 e. The number of benzene rings is 1. The van der Waals surface area contributed by atoms with Crippen molar-refractivity contribution in [2.45, 2.75) is 49.4 Å². The van der Waals surface area contributed by atoms with Crippen molar-refractivity contribution >= 4 is 25.8 Å². The Morgan fingerprint density at radius 3 is 2.20 bits per heavy atom. The van der Waals surface area contributed by atoms with Crippen LogP contribution in [0.4, 0.5) is 0 Å². The van der Waals surface area contributed by atoms with E-state index in [2.05, 4.69) is 0 Å². The van der Waals surface area contributed by atoms with E-state index >= 15 is 0 Å². The topological polar surface area (TPSA) is 109 Å². The summed E-state index contributed by atoms with van der Waals surface area (Å²) in [7, 11) is -7.59. The summed E-state index contributed by atoms with van der Waals surface area (Å²) in [6.07, 6.45) is 1.90. The van der Waals surface area contributed by atoms with Crippen molar-refractivity contribution in [3.05, 3.63) is 23.3 Å². The number of piperidine rings is 1. The molecule has 1 fully saturated rings. The van der Waals surface area contributed by atoms with E-state index in [9.17, 15) is 26.7 Å². The van der Waals surface area contributed by atoms with Gasteiger partial charge in [-0.05, 0) is 56.9 Å². The Hall–Kier alpha value is -1.45. The number of aryl methyl sites for hydroxylation is 1. The van der Waals surface area contributed by atoms with Crippen molar-refractivity contribution in [1.29, 1.82) is 0 Å². The van der Waals surface area contributed by atoms with Gasteiger partial charge < -0.3 is 5.11 Å². The maximum atomic E-state index is 13.2. The Labute approximate surface area is 148 Å². The third-order valence-corrected chi connectivity index (χ3v) is 7.95. The average Bonchev–Trinajstić information content (AvgIpc) is 2.48. The molecular formula is C16H23NO6S2. The Morgan fingerprint density at radius 2 is 1.68 bits per heavy atom. The minimum absolute atomic E-state index is 0.0227. The summed E-state index contributed by atoms with van der Waals surface area (Å²) in [6.45, 7) is 4.72. The number of carboxylic acids is 1. The van der Waals surface area contributed by atoms with E-state index in [-0.39, 0.29) is 27.9 Å². The summed E-state index contributed by atoms with van der Waals surface area (Å²) in [5.74, 6) is -1.78. The summed E-state index contributed by atoms with van der Waals surface area (Å²) in [6, 6.07) is 2.54. The molecule has 1 aromatic carbocycles. The lowest BCUT2D eigenvalue weighted by Gasteiger charge is -2.35. The largest absolute Gasteiger partial charge is 0.481 e. The standard InChI is InChI=1S/C16H23NO6S2/c1-10-7-14(24(4,20)21)12(3)15(8-10)25(22,23)17-9-13(16(18)19)6-5-11(17)2/h7-8,11,13H,5-6,9H2,1-4H3,(H,18,19). The van der Waals surface area contributed by atoms with Crippen molar-refractivity contribution in [3.63, 3.8) is 0 Å². The molecule has 1 saturated heterocycles. The van der Waals surface area contributed by atoms with E-state index in [1.165, 1.54) is 23.4 Å². The van der Waals surface area contributed by atoms with Gasteiger partial charge in [-0.25, -0.2) is 16.8 Å². The molecule has 0 aliphatic carbocycles. The molecule has 2 rings (SSSR count). The molecule has 0 radical (unpaired) electrons. The van der Waals surface area contributed by atoms with Gasteiger partial charge in [0.05, 0.1) is 15.7 Å². The molecule has 1 aliphatic heterocycles. The number of sulfonamides is 1. The third kappa shape index (κ3) is 3.88. The van der Waals surface area contributed by atoms with Gasteiger partial charge in [0.1, 0.15) is 0 Å². The molecule has 1 N–H and O–H groups in total. The number of carboxylic acid groups (broad SMARTS) is 1. The summed E-state index contributed by atoms with van der Waals surface area (Å²) in [4.78, 5) is 11.2. The first kappa shape index (κ1) is 19.9. The lowest BCUT2D eigenvalue weighted by molar-refractivity contribution is -0.143. The van der Waals surface area contributed by atoms with Crippen molar-refractivity contribution in [3.8, 4) is 0 Å². The van der Waals surface area contributed by atoms with E-state index in [1.807, 2.05) is 0 Å². The minimum Gasteiger partial charge on any atom is -0.481 e. The monoisotopic (exact) mass is 389 g/mol. The third-order valence-electron chi connectivity index (χ3n) is 4.62. The second-order valence-corrected chi connectivity index (χ2v) is 10.5. The summed E-state index contributed by atoms with van der Waals surface area (Å²) < 4.78 is 51.5. The molecule has 1 heterocycles. The van der Waals surface area contributed by atoms with E-state index in [0.29, 0.717) is 18.4 Å². The van der Waals surface area contributed by atoms with Crippen LogP contribution >= 0.6 is 0 Å². The maximum absolute atomic E-state index is 13.2. The predicted molar refractivity (Wildman–Crippen MR) is 92.7 cm³/mol. The second kappa shape index (κ2) is 6.69. The van der Waals surface area contributed by atoms with Crippen molar-refractivity contribution in [2.24, 2.45) is 5.92 Å². The number of sulfone groups is 1. The van der Waals surface area contributed by atoms with Gasteiger partial charge in [-0.2, -0.15) is 4.31 Å². The molecule has 1 aromatic rings. The van der Waals surface area contributed by atoms with Gasteiger partial charge in [-0.15, -0.1) is 0 Å². The molecule has 0 aromatic heterocycles. The molecule has 2 unspecified atom stereocenters. The van der Waals surface area contributed by atoms with Gasteiger partial charge >= 0.3 is 5.97 Å². The second-order valence-electron chi connectivity index (χ2n) is 6.69. The molecule has 2 atom stereocenters. The van der Waals surface area contributed by atoms with E-state index < -0.39 is 31.7 Å². The highest BCUT2D eigenvalue weighted by Gasteiger charge is 2.38. The highest BCUT2D eigenvalue weighted by Crippen LogP contribution is 2.32. The number of rotatable bonds is 4. The smallest absolute Gasteiger partial charge is 0.307 e. The van der Waals surface area contributed by atoms with Gasteiger partial charge in [0.25, 0.3) is 0 Å². The lowest BCUT2D eigenvalue weighted by Crippen LogP contribution is -2.47. The minimum atomic E-state index is -4.01. The Bertz CT molecular complexity index is 905. The summed E-state index contributed by atoms with van der Waals surface area (Å²) in [5.41, 5.74) is 0.682. The normalized spacial score (nSPS) is 22.7. The van der Waals surface area contributed by atoms with Crippen LogP contribution in [0.5, 0.6) is 0 Å². The number of hydrogen-bond donors (Lipinski definition) is 1. The number of aliphatic carboxylic acids is 1. The molecule has 1 aliphatic rings. The number of carbonyl (C=O) groups is 1. The highest BCUT2D eigenvalue weighted by molar-refractivity contribution is 7.91. The van der Waals surface area contributed by atoms with Gasteiger partial charge in [0, 0.05) is 18.8 Å². The first-order chi connectivity index (χ1) is 11.4. The van der Waals surface area contributed by atoms with E-state index in [1.54, 1.807) is 13.8 Å². The lowest BCUT2D eigenvalue weighted by atomic mass is 9.96. The molecular weight excluding hydrogens is 366 g/mol. The molecule has 0 amide bonds. The average molecular weight is 389 g/mol. The first-order valence-electron chi connectivity index (χ1n) is 7.91. The molecule has 0 spiro atoms. The molecule has 0 saturated carbocycles. The SMILES string of the molecule is Cc1cc(S(C)(=O)=O)c(C)c(S(=O)(=O)N2CC(C(=O)O)CCC2C)c1. The fraction of sp³-hybridized carbons (Fsp3) is 0.562. The molecule has 140 valence electrons. The fourth-order valence-corrected chi connectivity index (χ4v) is 6.35. The van der Waals surface area contributed by atoms with Crippen LogP contribution in [0.3, 0.4) is 0 Å². The zero-order valence-electron chi connectivity index (χ0n) is 14.7. The first-order valence-corrected chi connectivity index (χ1v) is 11.2. The van der Waals surface area contributed by atoms with Crippen molar-refractivity contribution in [2.75, 3.05) is 12.8 Å². The van der Waals surface area contributed by atoms with Crippen LogP contribution in [-0.4, -0.2) is 51.1 Å². The van der Waals surface area contributed by atoms with E-state index in [4.69, 9.17) is 0 Å². The zero-order chi connectivity index (χ0) is 19.2. The van der Waals surface area contributed by atoms with Crippen LogP contribution in [0, 0.1) is 19.8 Å². The summed E-state index contributed by atoms with van der Waals surface area (Å²) >= 11 is 0. The van der Waals surface area contributed by atoms with Gasteiger partial charge in [-0.3, -0.25) is 4.79 Å². The quantitative estimate of drug-likeness (QED) is 0.837. The molecule has 25 heavy (non-hydrogen) atoms. The molecule has 7 nitrogen and oxygen atoms in total. The van der Waals surface area contributed by atoms with Crippen LogP contribution in [-0.2, 0) is 24.7 Å². The van der Waals surface area contributed by atoms with Crippen molar-refractivity contribution in [1.82, 2.24) is 4.31 Å². The Kier molecular flexibility index (Phi) is 5.32. The van der Waals surface area contributed by atoms with Crippen LogP contribution < -0.4 is 0 Å². The predicted octanol–water partition coefficient (Wildman–Crippen LogP) is 1.58. The van der Waals surface area contributed by atoms with Crippen molar-refractivity contribution < 1.29 is 26.7 Å². The van der Waals surface area contributed by atoms with Gasteiger partial charge in [0.15, 0.2) is 9.84 Å². The molecule has 9 heteroatoms. The fourth-order valence-electron chi connectivity index (χ4n) is 3.18. The number of nitrogens with zero attached hydrogens (tertiary/aromatic N) is 1. The molecule has 0 bridgehead atoms. The van der Waals surface area contributed by atoms with Gasteiger partial charge in [0.2, 0.25) is 10.0 Å². The zero-order valence-corrected chi connectivity index (χ0v) is 16.3. The Morgan fingerprint density at radius 1 is 1.12 bits per heavy atom. The number of hydrogen-bond acceptors (Lipinski definition) is 5. The van der Waals surface area contributed by atoms with Crippen LogP contribution in [0.25, 0.3) is 0 Å². The van der Waals surface area contributed by atoms with Crippen LogP contribution in [0.2, 0.25) is 0 Å². The highest BCUT2D eigenvalue weighted by atomic mass is 32.2. The Balaban J connectivity index is 2.60. The van der Waals surface area contributed by atoms with Crippen LogP contribution in [0.1, 0.15) is 30.9 Å². The van der Waals surface area contributed by atoms with E-state index in [0.717, 1.165) is 6.26 Å². The van der Waals surface area contributed by atoms with Crippen LogP contribution in [0.15, 0.2) is 21.9 Å². The summed E-state index contributed by atoms with van der Waals surface area (Å²) in [5, 5.41) is 9.23. The van der Waals surface area contributed by atoms with Gasteiger partial charge in [-0.1, -0.05) is 0 Å².